The molecule has 0 N–H and O–H groups in total. The Balaban J connectivity index is 1.25. The summed E-state index contributed by atoms with van der Waals surface area (Å²) < 4.78 is 20.6. The Kier molecular flexibility index (Phi) is 8.02. The summed E-state index contributed by atoms with van der Waals surface area (Å²) in [5.41, 5.74) is 3.37. The van der Waals surface area contributed by atoms with E-state index < -0.39 is 17.8 Å². The number of likely N-dealkylation sites (N-methyl/N-ethyl adjacent to an activating group) is 1. The molecule has 3 heterocycles. The minimum absolute atomic E-state index is 0.0140. The number of rotatable bonds is 7. The van der Waals surface area contributed by atoms with Crippen LogP contribution in [0.15, 0.2) is 48.8 Å². The standard InChI is InChI=1S/C35H39ClFN7O2/c1-22(37)33(45)44-16-15-43(20-24(44)19-38-2)32-25-11-14-42(28-10-6-8-23-7-5-9-26(36)31(23)28)21-27(25)39-34(40-32)46-30-18-35(12-13-35)17-29(30)41(3)4/h5-10,24,29-30H,1,11-21H2,3-4H3/t24?,29-,30-/m1/s1. The Morgan fingerprint density at radius 1 is 1.15 bits per heavy atom. The van der Waals surface area contributed by atoms with Gasteiger partial charge < -0.3 is 29.2 Å². The molecule has 2 aliphatic heterocycles. The second-order valence-corrected chi connectivity index (χ2v) is 13.9. The van der Waals surface area contributed by atoms with Gasteiger partial charge >= 0.3 is 6.01 Å². The maximum absolute atomic E-state index is 13.9. The molecule has 11 heteroatoms. The van der Waals surface area contributed by atoms with Crippen molar-refractivity contribution < 1.29 is 13.9 Å². The van der Waals surface area contributed by atoms with Crippen molar-refractivity contribution in [3.8, 4) is 6.01 Å². The first-order chi connectivity index (χ1) is 22.2. The number of piperazine rings is 1. The average Bonchev–Trinajstić information content (AvgIpc) is 3.70. The zero-order chi connectivity index (χ0) is 32.2. The quantitative estimate of drug-likeness (QED) is 0.248. The molecule has 46 heavy (non-hydrogen) atoms. The van der Waals surface area contributed by atoms with E-state index in [0.29, 0.717) is 42.5 Å². The third-order valence-corrected chi connectivity index (χ3v) is 10.7. The highest BCUT2D eigenvalue weighted by atomic mass is 35.5. The highest BCUT2D eigenvalue weighted by Gasteiger charge is 2.54. The van der Waals surface area contributed by atoms with Crippen LogP contribution in [0.25, 0.3) is 15.6 Å². The number of hydrogen-bond acceptors (Lipinski definition) is 7. The molecule has 1 amide bonds. The number of fused-ring (bicyclic) bond motifs is 2. The Labute approximate surface area is 274 Å². The molecule has 240 valence electrons. The number of aromatic nitrogens is 2. The largest absolute Gasteiger partial charge is 0.458 e. The summed E-state index contributed by atoms with van der Waals surface area (Å²) >= 11 is 6.73. The van der Waals surface area contributed by atoms with Gasteiger partial charge in [-0.1, -0.05) is 42.4 Å². The van der Waals surface area contributed by atoms with Gasteiger partial charge in [0.25, 0.3) is 5.91 Å². The monoisotopic (exact) mass is 643 g/mol. The number of amides is 1. The third-order valence-electron chi connectivity index (χ3n) is 10.4. The van der Waals surface area contributed by atoms with Crippen LogP contribution in [0.3, 0.4) is 0 Å². The first-order valence-corrected chi connectivity index (χ1v) is 16.4. The van der Waals surface area contributed by atoms with Crippen LogP contribution in [-0.2, 0) is 17.8 Å². The number of hydrogen-bond donors (Lipinski definition) is 0. The van der Waals surface area contributed by atoms with Crippen molar-refractivity contribution in [3.63, 3.8) is 0 Å². The Bertz CT molecular complexity index is 1730. The van der Waals surface area contributed by atoms with Crippen molar-refractivity contribution in [2.45, 2.75) is 56.8 Å². The first kappa shape index (κ1) is 30.7. The normalized spacial score (nSPS) is 23.5. The summed E-state index contributed by atoms with van der Waals surface area (Å²) in [6.45, 7) is 13.2. The van der Waals surface area contributed by atoms with Crippen LogP contribution in [0, 0.1) is 12.0 Å². The van der Waals surface area contributed by atoms with Crippen LogP contribution >= 0.6 is 11.6 Å². The van der Waals surface area contributed by atoms with Crippen molar-refractivity contribution >= 4 is 39.8 Å². The molecule has 1 spiro atoms. The average molecular weight is 644 g/mol. The fourth-order valence-electron chi connectivity index (χ4n) is 7.76. The molecule has 0 radical (unpaired) electrons. The van der Waals surface area contributed by atoms with E-state index in [4.69, 9.17) is 32.9 Å². The summed E-state index contributed by atoms with van der Waals surface area (Å²) in [4.78, 5) is 34.4. The van der Waals surface area contributed by atoms with Crippen molar-refractivity contribution in [2.24, 2.45) is 5.41 Å². The van der Waals surface area contributed by atoms with Gasteiger partial charge in [-0.15, -0.1) is 0 Å². The van der Waals surface area contributed by atoms with E-state index in [2.05, 4.69) is 64.5 Å². The second-order valence-electron chi connectivity index (χ2n) is 13.5. The smallest absolute Gasteiger partial charge is 0.319 e. The molecule has 7 rings (SSSR count). The molecule has 0 bridgehead atoms. The molecule has 4 aliphatic rings. The lowest BCUT2D eigenvalue weighted by Gasteiger charge is -2.41. The lowest BCUT2D eigenvalue weighted by Crippen LogP contribution is -2.57. The number of benzene rings is 2. The fraction of sp³-hybridized carbons (Fsp3) is 0.486. The van der Waals surface area contributed by atoms with Gasteiger partial charge in [0.1, 0.15) is 18.0 Å². The molecule has 1 aromatic heterocycles. The van der Waals surface area contributed by atoms with Gasteiger partial charge in [0.15, 0.2) is 5.83 Å². The van der Waals surface area contributed by atoms with Gasteiger partial charge in [-0.25, -0.2) is 11.0 Å². The molecule has 2 aliphatic carbocycles. The fourth-order valence-corrected chi connectivity index (χ4v) is 8.04. The molecule has 2 aromatic carbocycles. The predicted molar refractivity (Wildman–Crippen MR) is 178 cm³/mol. The van der Waals surface area contributed by atoms with Crippen LogP contribution in [0.1, 0.15) is 36.9 Å². The third kappa shape index (κ3) is 5.64. The SMILES string of the molecule is [C-]#[N+]CC1CN(c2nc(O[C@@H]3CC4(CC4)C[C@H]3N(C)C)nc3c2CCN(c2cccc4cccc(Cl)c24)C3)CCN1C(=O)C(=C)F. The number of halogens is 2. The van der Waals surface area contributed by atoms with Gasteiger partial charge in [0.2, 0.25) is 6.54 Å². The lowest BCUT2D eigenvalue weighted by molar-refractivity contribution is -0.131. The topological polar surface area (TPSA) is 69.4 Å². The molecular formula is C35H39ClFN7O2. The van der Waals surface area contributed by atoms with Crippen molar-refractivity contribution in [2.75, 3.05) is 56.6 Å². The van der Waals surface area contributed by atoms with E-state index in [0.717, 1.165) is 52.9 Å². The number of carbonyl (C=O) groups excluding carboxylic acids is 1. The summed E-state index contributed by atoms with van der Waals surface area (Å²) in [6.07, 6.45) is 5.28. The second kappa shape index (κ2) is 12.0. The van der Waals surface area contributed by atoms with E-state index in [1.54, 1.807) is 0 Å². The van der Waals surface area contributed by atoms with Crippen LogP contribution in [0.5, 0.6) is 6.01 Å². The minimum atomic E-state index is -1.01. The zero-order valence-electron chi connectivity index (χ0n) is 26.4. The summed E-state index contributed by atoms with van der Waals surface area (Å²) in [6, 6.07) is 12.4. The molecule has 9 nitrogen and oxygen atoms in total. The van der Waals surface area contributed by atoms with E-state index in [-0.39, 0.29) is 25.2 Å². The summed E-state index contributed by atoms with van der Waals surface area (Å²) in [7, 11) is 4.22. The summed E-state index contributed by atoms with van der Waals surface area (Å²) in [5, 5.41) is 2.82. The highest BCUT2D eigenvalue weighted by molar-refractivity contribution is 6.36. The van der Waals surface area contributed by atoms with E-state index in [1.807, 2.05) is 12.1 Å². The molecule has 2 saturated carbocycles. The number of carbonyl (C=O) groups is 1. The van der Waals surface area contributed by atoms with Crippen molar-refractivity contribution in [1.29, 1.82) is 0 Å². The molecule has 1 unspecified atom stereocenters. The number of anilines is 2. The van der Waals surface area contributed by atoms with Gasteiger partial charge in [0.05, 0.1) is 17.3 Å². The highest BCUT2D eigenvalue weighted by Crippen LogP contribution is 2.59. The Morgan fingerprint density at radius 2 is 1.93 bits per heavy atom. The minimum Gasteiger partial charge on any atom is -0.458 e. The molecule has 3 aromatic rings. The predicted octanol–water partition coefficient (Wildman–Crippen LogP) is 5.52. The summed E-state index contributed by atoms with van der Waals surface area (Å²) in [5.74, 6) is -0.985. The van der Waals surface area contributed by atoms with Gasteiger partial charge in [-0.05, 0) is 69.1 Å². The van der Waals surface area contributed by atoms with Crippen molar-refractivity contribution in [1.82, 2.24) is 19.8 Å². The van der Waals surface area contributed by atoms with Crippen LogP contribution in [0.2, 0.25) is 5.02 Å². The van der Waals surface area contributed by atoms with Crippen molar-refractivity contribution in [3.05, 3.63) is 76.5 Å². The number of nitrogens with zero attached hydrogens (tertiary/aromatic N) is 7. The zero-order valence-corrected chi connectivity index (χ0v) is 27.1. The number of ether oxygens (including phenoxy) is 1. The van der Waals surface area contributed by atoms with E-state index >= 15 is 0 Å². The van der Waals surface area contributed by atoms with Crippen LogP contribution in [-0.4, -0.2) is 90.7 Å². The molecular weight excluding hydrogens is 605 g/mol. The Hall–Kier alpha value is -3.94. The van der Waals surface area contributed by atoms with Gasteiger partial charge in [-0.2, -0.15) is 9.97 Å². The maximum Gasteiger partial charge on any atom is 0.319 e. The van der Waals surface area contributed by atoms with E-state index in [1.165, 1.54) is 17.7 Å². The molecule has 3 fully saturated rings. The molecule has 1 saturated heterocycles. The maximum atomic E-state index is 13.9. The van der Waals surface area contributed by atoms with Gasteiger partial charge in [-0.3, -0.25) is 4.79 Å². The lowest BCUT2D eigenvalue weighted by atomic mass is 10.0. The van der Waals surface area contributed by atoms with E-state index in [9.17, 15) is 9.18 Å². The first-order valence-electron chi connectivity index (χ1n) is 16.0. The van der Waals surface area contributed by atoms with Gasteiger partial charge in [0, 0.05) is 48.9 Å². The van der Waals surface area contributed by atoms with Crippen LogP contribution < -0.4 is 14.5 Å². The molecule has 3 atom stereocenters. The van der Waals surface area contributed by atoms with Crippen LogP contribution in [0.4, 0.5) is 15.9 Å². The Morgan fingerprint density at radius 3 is 2.65 bits per heavy atom.